The molecule has 0 aliphatic heterocycles. The minimum absolute atomic E-state index is 0.187. The molecule has 1 atom stereocenters. The molecule has 3 N–H and O–H groups in total. The number of nitrogens with one attached hydrogen (secondary N) is 1. The smallest absolute Gasteiger partial charge is 0.123 e. The van der Waals surface area contributed by atoms with Gasteiger partial charge in [-0.05, 0) is 42.5 Å². The fourth-order valence-corrected chi connectivity index (χ4v) is 2.13. The number of hydrazine groups is 1. The van der Waals surface area contributed by atoms with Gasteiger partial charge in [0.1, 0.15) is 5.82 Å². The fourth-order valence-electron chi connectivity index (χ4n) is 1.93. The maximum atomic E-state index is 13.1. The second-order valence-electron chi connectivity index (χ2n) is 4.48. The van der Waals surface area contributed by atoms with Gasteiger partial charge in [-0.2, -0.15) is 0 Å². The van der Waals surface area contributed by atoms with E-state index in [2.05, 4.69) is 5.43 Å². The Morgan fingerprint density at radius 2 is 2.25 bits per heavy atom. The van der Waals surface area contributed by atoms with Crippen LogP contribution in [0.3, 0.4) is 0 Å². The zero-order valence-electron chi connectivity index (χ0n) is 9.05. The van der Waals surface area contributed by atoms with Crippen LogP contribution >= 0.6 is 11.6 Å². The predicted octanol–water partition coefficient (Wildman–Crippen LogP) is 2.65. The van der Waals surface area contributed by atoms with Crippen molar-refractivity contribution in [3.63, 3.8) is 0 Å². The summed E-state index contributed by atoms with van der Waals surface area (Å²) in [7, 11) is 0. The quantitative estimate of drug-likeness (QED) is 0.615. The van der Waals surface area contributed by atoms with Crippen molar-refractivity contribution in [1.82, 2.24) is 5.43 Å². The number of nitrogens with two attached hydrogens (primary N) is 1. The van der Waals surface area contributed by atoms with Crippen LogP contribution in [-0.4, -0.2) is 6.04 Å². The molecular weight excluding hydrogens is 227 g/mol. The van der Waals surface area contributed by atoms with Crippen molar-refractivity contribution >= 4 is 11.6 Å². The summed E-state index contributed by atoms with van der Waals surface area (Å²) in [6, 6.07) is 4.64. The van der Waals surface area contributed by atoms with Crippen LogP contribution in [0.1, 0.15) is 24.8 Å². The van der Waals surface area contributed by atoms with Gasteiger partial charge in [-0.15, -0.1) is 0 Å². The summed E-state index contributed by atoms with van der Waals surface area (Å²) in [6.07, 6.45) is 4.30. The highest BCUT2D eigenvalue weighted by atomic mass is 35.5. The summed E-state index contributed by atoms with van der Waals surface area (Å²) < 4.78 is 13.1. The van der Waals surface area contributed by atoms with Crippen LogP contribution in [0, 0.1) is 11.7 Å². The molecule has 1 unspecified atom stereocenters. The van der Waals surface area contributed by atoms with E-state index >= 15 is 0 Å². The summed E-state index contributed by atoms with van der Waals surface area (Å²) in [5.74, 6) is 6.03. The van der Waals surface area contributed by atoms with E-state index in [1.807, 2.05) is 0 Å². The van der Waals surface area contributed by atoms with Crippen molar-refractivity contribution in [3.05, 3.63) is 34.6 Å². The van der Waals surface area contributed by atoms with Crippen molar-refractivity contribution in [2.45, 2.75) is 31.7 Å². The van der Waals surface area contributed by atoms with Crippen molar-refractivity contribution in [3.8, 4) is 0 Å². The molecule has 1 aromatic carbocycles. The van der Waals surface area contributed by atoms with Gasteiger partial charge in [0.15, 0.2) is 0 Å². The molecule has 4 heteroatoms. The lowest BCUT2D eigenvalue weighted by Gasteiger charge is -2.16. The highest BCUT2D eigenvalue weighted by Crippen LogP contribution is 2.34. The SMILES string of the molecule is NNC(Cc1cc(F)ccc1Cl)CC1CC1. The first-order chi connectivity index (χ1) is 7.69. The summed E-state index contributed by atoms with van der Waals surface area (Å²) >= 11 is 6.01. The molecule has 0 spiro atoms. The van der Waals surface area contributed by atoms with Gasteiger partial charge in [0.05, 0.1) is 0 Å². The number of hydrogen-bond donors (Lipinski definition) is 2. The van der Waals surface area contributed by atoms with Crippen molar-refractivity contribution in [2.24, 2.45) is 11.8 Å². The normalized spacial score (nSPS) is 17.4. The molecular formula is C12H16ClFN2. The van der Waals surface area contributed by atoms with E-state index in [-0.39, 0.29) is 11.9 Å². The Morgan fingerprint density at radius 3 is 2.88 bits per heavy atom. The molecule has 1 aliphatic carbocycles. The van der Waals surface area contributed by atoms with E-state index in [9.17, 15) is 4.39 Å². The van der Waals surface area contributed by atoms with E-state index < -0.39 is 0 Å². The van der Waals surface area contributed by atoms with Crippen LogP contribution in [0.2, 0.25) is 5.02 Å². The maximum Gasteiger partial charge on any atom is 0.123 e. The summed E-state index contributed by atoms with van der Waals surface area (Å²) in [5, 5.41) is 0.609. The number of halogens is 2. The van der Waals surface area contributed by atoms with Crippen molar-refractivity contribution in [1.29, 1.82) is 0 Å². The molecule has 0 saturated heterocycles. The third-order valence-electron chi connectivity index (χ3n) is 3.02. The first kappa shape index (κ1) is 11.8. The van der Waals surface area contributed by atoms with E-state index in [4.69, 9.17) is 17.4 Å². The Morgan fingerprint density at radius 1 is 1.50 bits per heavy atom. The molecule has 16 heavy (non-hydrogen) atoms. The molecule has 0 bridgehead atoms. The minimum atomic E-state index is -0.249. The lowest BCUT2D eigenvalue weighted by atomic mass is 10.0. The lowest BCUT2D eigenvalue weighted by Crippen LogP contribution is -2.37. The molecule has 1 fully saturated rings. The van der Waals surface area contributed by atoms with Gasteiger partial charge in [0, 0.05) is 11.1 Å². The third kappa shape index (κ3) is 3.17. The number of benzene rings is 1. The monoisotopic (exact) mass is 242 g/mol. The first-order valence-corrected chi connectivity index (χ1v) is 5.97. The van der Waals surface area contributed by atoms with E-state index in [1.54, 1.807) is 6.07 Å². The highest BCUT2D eigenvalue weighted by Gasteiger charge is 2.25. The standard InChI is InChI=1S/C12H16ClFN2/c13-12-4-3-10(14)6-9(12)7-11(16-15)5-8-1-2-8/h3-4,6,8,11,16H,1-2,5,7,15H2. The van der Waals surface area contributed by atoms with Crippen LogP contribution in [0.25, 0.3) is 0 Å². The van der Waals surface area contributed by atoms with Gasteiger partial charge in [-0.25, -0.2) is 4.39 Å². The Labute approximate surface area is 99.9 Å². The Bertz CT molecular complexity index is 366. The van der Waals surface area contributed by atoms with Crippen LogP contribution in [0.5, 0.6) is 0 Å². The van der Waals surface area contributed by atoms with E-state index in [0.29, 0.717) is 11.4 Å². The minimum Gasteiger partial charge on any atom is -0.271 e. The summed E-state index contributed by atoms with van der Waals surface area (Å²) in [4.78, 5) is 0. The third-order valence-corrected chi connectivity index (χ3v) is 3.39. The van der Waals surface area contributed by atoms with Gasteiger partial charge in [0.25, 0.3) is 0 Å². The Hall–Kier alpha value is -0.640. The van der Waals surface area contributed by atoms with Crippen LogP contribution in [-0.2, 0) is 6.42 Å². The molecule has 88 valence electrons. The molecule has 0 heterocycles. The van der Waals surface area contributed by atoms with Gasteiger partial charge in [-0.1, -0.05) is 24.4 Å². The molecule has 0 aromatic heterocycles. The zero-order valence-corrected chi connectivity index (χ0v) is 9.80. The molecule has 2 rings (SSSR count). The molecule has 1 aliphatic rings. The molecule has 1 aromatic rings. The molecule has 1 saturated carbocycles. The predicted molar refractivity (Wildman–Crippen MR) is 63.6 cm³/mol. The van der Waals surface area contributed by atoms with E-state index in [0.717, 1.165) is 17.9 Å². The van der Waals surface area contributed by atoms with Gasteiger partial charge in [-0.3, -0.25) is 11.3 Å². The zero-order chi connectivity index (χ0) is 11.5. The van der Waals surface area contributed by atoms with Crippen LogP contribution in [0.4, 0.5) is 4.39 Å². The molecule has 2 nitrogen and oxygen atoms in total. The average Bonchev–Trinajstić information content (AvgIpc) is 3.06. The number of rotatable bonds is 5. The topological polar surface area (TPSA) is 38.0 Å². The van der Waals surface area contributed by atoms with Crippen molar-refractivity contribution < 1.29 is 4.39 Å². The molecule has 0 amide bonds. The number of hydrogen-bond acceptors (Lipinski definition) is 2. The molecule has 0 radical (unpaired) electrons. The summed E-state index contributed by atoms with van der Waals surface area (Å²) in [6.45, 7) is 0. The maximum absolute atomic E-state index is 13.1. The van der Waals surface area contributed by atoms with Crippen LogP contribution in [0.15, 0.2) is 18.2 Å². The van der Waals surface area contributed by atoms with Gasteiger partial charge in [0.2, 0.25) is 0 Å². The summed E-state index contributed by atoms with van der Waals surface area (Å²) in [5.41, 5.74) is 3.61. The second-order valence-corrected chi connectivity index (χ2v) is 4.89. The van der Waals surface area contributed by atoms with Gasteiger partial charge >= 0.3 is 0 Å². The lowest BCUT2D eigenvalue weighted by molar-refractivity contribution is 0.465. The largest absolute Gasteiger partial charge is 0.271 e. The Balaban J connectivity index is 2.01. The van der Waals surface area contributed by atoms with Crippen molar-refractivity contribution in [2.75, 3.05) is 0 Å². The Kier molecular flexibility index (Phi) is 3.79. The second kappa shape index (κ2) is 5.13. The van der Waals surface area contributed by atoms with Crippen LogP contribution < -0.4 is 11.3 Å². The highest BCUT2D eigenvalue weighted by molar-refractivity contribution is 6.31. The average molecular weight is 243 g/mol. The first-order valence-electron chi connectivity index (χ1n) is 5.59. The van der Waals surface area contributed by atoms with Gasteiger partial charge < -0.3 is 0 Å². The fraction of sp³-hybridized carbons (Fsp3) is 0.500. The van der Waals surface area contributed by atoms with E-state index in [1.165, 1.54) is 25.0 Å².